The molecule has 0 atom stereocenters. The Balaban J connectivity index is 1.71. The summed E-state index contributed by atoms with van der Waals surface area (Å²) in [6, 6.07) is 15.8. The summed E-state index contributed by atoms with van der Waals surface area (Å²) in [6.07, 6.45) is 1.91. The van der Waals surface area contributed by atoms with E-state index in [1.807, 2.05) is 41.1 Å². The average Bonchev–Trinajstić information content (AvgIpc) is 3.32. The molecule has 0 aliphatic heterocycles. The quantitative estimate of drug-likeness (QED) is 0.487. The smallest absolute Gasteiger partial charge is 0.406 e. The molecule has 3 nitrogen and oxygen atoms in total. The number of aromatic nitrogens is 2. The standard InChI is InChI=1S/C21H19F3N2OS/c22-21(23,24)27-17-12-10-16(11-13-17)26-19(15-6-2-1-3-7-15)14-25-20(26)28-18-8-4-5-9-18/h1-3,6-7,10-14,18H,4-5,8-9H2. The fourth-order valence-electron chi connectivity index (χ4n) is 3.43. The van der Waals surface area contributed by atoms with Crippen LogP contribution in [0.4, 0.5) is 13.2 Å². The summed E-state index contributed by atoms with van der Waals surface area (Å²) >= 11 is 1.74. The molecular formula is C21H19F3N2OS. The van der Waals surface area contributed by atoms with Gasteiger partial charge in [0, 0.05) is 16.5 Å². The monoisotopic (exact) mass is 404 g/mol. The largest absolute Gasteiger partial charge is 0.573 e. The molecule has 1 saturated carbocycles. The van der Waals surface area contributed by atoms with Crippen LogP contribution in [0.5, 0.6) is 5.75 Å². The van der Waals surface area contributed by atoms with Gasteiger partial charge in [0.2, 0.25) is 0 Å². The number of ether oxygens (including phenoxy) is 1. The summed E-state index contributed by atoms with van der Waals surface area (Å²) in [4.78, 5) is 4.63. The predicted octanol–water partition coefficient (Wildman–Crippen LogP) is 6.47. The first-order chi connectivity index (χ1) is 13.5. The fraction of sp³-hybridized carbons (Fsp3) is 0.286. The Morgan fingerprint density at radius 3 is 2.29 bits per heavy atom. The van der Waals surface area contributed by atoms with Crippen LogP contribution in [0, 0.1) is 0 Å². The predicted molar refractivity (Wildman–Crippen MR) is 104 cm³/mol. The van der Waals surface area contributed by atoms with Crippen molar-refractivity contribution in [1.29, 1.82) is 0 Å². The Morgan fingerprint density at radius 1 is 0.964 bits per heavy atom. The Hall–Kier alpha value is -2.41. The minimum atomic E-state index is -4.70. The lowest BCUT2D eigenvalue weighted by molar-refractivity contribution is -0.274. The van der Waals surface area contributed by atoms with Gasteiger partial charge in [0.15, 0.2) is 5.16 Å². The van der Waals surface area contributed by atoms with Gasteiger partial charge in [0.05, 0.1) is 11.9 Å². The number of imidazole rings is 1. The molecule has 0 spiro atoms. The highest BCUT2D eigenvalue weighted by atomic mass is 32.2. The third kappa shape index (κ3) is 4.35. The van der Waals surface area contributed by atoms with Crippen LogP contribution in [0.1, 0.15) is 25.7 Å². The van der Waals surface area contributed by atoms with Gasteiger partial charge in [0.25, 0.3) is 0 Å². The van der Waals surface area contributed by atoms with Crippen LogP contribution in [0.3, 0.4) is 0 Å². The van der Waals surface area contributed by atoms with Crippen molar-refractivity contribution >= 4 is 11.8 Å². The van der Waals surface area contributed by atoms with Crippen LogP contribution >= 0.6 is 11.8 Å². The molecular weight excluding hydrogens is 385 g/mol. The second kappa shape index (κ2) is 7.91. The maximum absolute atomic E-state index is 12.5. The Bertz CT molecular complexity index is 917. The van der Waals surface area contributed by atoms with E-state index in [9.17, 15) is 13.2 Å². The number of hydrogen-bond acceptors (Lipinski definition) is 3. The van der Waals surface area contributed by atoms with Crippen molar-refractivity contribution in [3.8, 4) is 22.7 Å². The lowest BCUT2D eigenvalue weighted by Gasteiger charge is -2.15. The summed E-state index contributed by atoms with van der Waals surface area (Å²) in [5, 5.41) is 1.38. The summed E-state index contributed by atoms with van der Waals surface area (Å²) in [5.41, 5.74) is 2.67. The number of thioether (sulfide) groups is 1. The van der Waals surface area contributed by atoms with Crippen molar-refractivity contribution < 1.29 is 17.9 Å². The molecule has 146 valence electrons. The second-order valence-electron chi connectivity index (χ2n) is 6.69. The van der Waals surface area contributed by atoms with Crippen molar-refractivity contribution in [2.75, 3.05) is 0 Å². The zero-order chi connectivity index (χ0) is 19.6. The van der Waals surface area contributed by atoms with Crippen LogP contribution in [0.2, 0.25) is 0 Å². The lowest BCUT2D eigenvalue weighted by atomic mass is 10.1. The SMILES string of the molecule is FC(F)(F)Oc1ccc(-n2c(-c3ccccc3)cnc2SC2CCCC2)cc1. The first-order valence-corrected chi connectivity index (χ1v) is 10.0. The Kier molecular flexibility index (Phi) is 5.35. The topological polar surface area (TPSA) is 27.1 Å². The molecule has 0 radical (unpaired) electrons. The molecule has 0 N–H and O–H groups in total. The van der Waals surface area contributed by atoms with Crippen LogP contribution in [-0.2, 0) is 0 Å². The molecule has 4 rings (SSSR count). The molecule has 0 amide bonds. The normalized spacial score (nSPS) is 15.1. The van der Waals surface area contributed by atoms with Crippen molar-refractivity contribution in [1.82, 2.24) is 9.55 Å². The molecule has 3 aromatic rings. The Labute approximate surface area is 165 Å². The van der Waals surface area contributed by atoms with Gasteiger partial charge in [0.1, 0.15) is 5.75 Å². The molecule has 2 aromatic carbocycles. The third-order valence-electron chi connectivity index (χ3n) is 4.70. The number of rotatable bonds is 5. The van der Waals surface area contributed by atoms with Crippen LogP contribution < -0.4 is 4.74 Å². The second-order valence-corrected chi connectivity index (χ2v) is 7.96. The van der Waals surface area contributed by atoms with Crippen molar-refractivity contribution in [2.24, 2.45) is 0 Å². The zero-order valence-electron chi connectivity index (χ0n) is 15.0. The molecule has 28 heavy (non-hydrogen) atoms. The first-order valence-electron chi connectivity index (χ1n) is 9.15. The Morgan fingerprint density at radius 2 is 1.64 bits per heavy atom. The summed E-state index contributed by atoms with van der Waals surface area (Å²) < 4.78 is 43.4. The lowest BCUT2D eigenvalue weighted by Crippen LogP contribution is -2.17. The minimum absolute atomic E-state index is 0.234. The van der Waals surface area contributed by atoms with E-state index in [4.69, 9.17) is 0 Å². The van der Waals surface area contributed by atoms with Crippen LogP contribution in [0.15, 0.2) is 66.0 Å². The van der Waals surface area contributed by atoms with Gasteiger partial charge >= 0.3 is 6.36 Å². The highest BCUT2D eigenvalue weighted by molar-refractivity contribution is 7.99. The van der Waals surface area contributed by atoms with Gasteiger partial charge in [-0.25, -0.2) is 4.98 Å². The molecule has 1 fully saturated rings. The molecule has 0 saturated heterocycles. The molecule has 0 bridgehead atoms. The molecule has 1 aromatic heterocycles. The van der Waals surface area contributed by atoms with Crippen LogP contribution in [-0.4, -0.2) is 21.2 Å². The highest BCUT2D eigenvalue weighted by Crippen LogP contribution is 2.37. The van der Waals surface area contributed by atoms with E-state index < -0.39 is 6.36 Å². The number of nitrogens with zero attached hydrogens (tertiary/aromatic N) is 2. The van der Waals surface area contributed by atoms with Gasteiger partial charge in [-0.05, 0) is 37.1 Å². The number of hydrogen-bond donors (Lipinski definition) is 0. The van der Waals surface area contributed by atoms with Gasteiger partial charge in [-0.1, -0.05) is 54.9 Å². The van der Waals surface area contributed by atoms with Crippen molar-refractivity contribution in [2.45, 2.75) is 42.5 Å². The summed E-state index contributed by atoms with van der Waals surface area (Å²) in [5.74, 6) is -0.234. The number of benzene rings is 2. The third-order valence-corrected chi connectivity index (χ3v) is 6.01. The highest BCUT2D eigenvalue weighted by Gasteiger charge is 2.31. The minimum Gasteiger partial charge on any atom is -0.406 e. The summed E-state index contributed by atoms with van der Waals surface area (Å²) in [6.45, 7) is 0. The van der Waals surface area contributed by atoms with Gasteiger partial charge in [-0.15, -0.1) is 13.2 Å². The first kappa shape index (κ1) is 18.9. The van der Waals surface area contributed by atoms with E-state index in [1.165, 1.54) is 25.0 Å². The fourth-order valence-corrected chi connectivity index (χ4v) is 4.72. The van der Waals surface area contributed by atoms with Crippen LogP contribution in [0.25, 0.3) is 16.9 Å². The van der Waals surface area contributed by atoms with Crippen molar-refractivity contribution in [3.05, 3.63) is 60.8 Å². The molecule has 1 aliphatic rings. The number of alkyl halides is 3. The van der Waals surface area contributed by atoms with E-state index in [2.05, 4.69) is 9.72 Å². The van der Waals surface area contributed by atoms with E-state index in [1.54, 1.807) is 23.9 Å². The van der Waals surface area contributed by atoms with Crippen molar-refractivity contribution in [3.63, 3.8) is 0 Å². The molecule has 7 heteroatoms. The summed E-state index contributed by atoms with van der Waals surface area (Å²) in [7, 11) is 0. The van der Waals surface area contributed by atoms with Gasteiger partial charge < -0.3 is 4.74 Å². The van der Waals surface area contributed by atoms with Gasteiger partial charge in [-0.3, -0.25) is 4.57 Å². The van der Waals surface area contributed by atoms with E-state index in [-0.39, 0.29) is 5.75 Å². The van der Waals surface area contributed by atoms with Gasteiger partial charge in [-0.2, -0.15) is 0 Å². The maximum Gasteiger partial charge on any atom is 0.573 e. The van der Waals surface area contributed by atoms with E-state index in [0.29, 0.717) is 5.25 Å². The molecule has 1 heterocycles. The number of halogens is 3. The average molecular weight is 404 g/mol. The maximum atomic E-state index is 12.5. The molecule has 0 unspecified atom stereocenters. The van der Waals surface area contributed by atoms with E-state index >= 15 is 0 Å². The molecule has 1 aliphatic carbocycles. The zero-order valence-corrected chi connectivity index (χ0v) is 15.8. The van der Waals surface area contributed by atoms with E-state index in [0.717, 1.165) is 34.9 Å².